The lowest BCUT2D eigenvalue weighted by molar-refractivity contribution is 0.510. The average Bonchev–Trinajstić information content (AvgIpc) is 2.41. The van der Waals surface area contributed by atoms with Gasteiger partial charge in [0.15, 0.2) is 0 Å². The lowest BCUT2D eigenvalue weighted by Crippen LogP contribution is -2.10. The quantitative estimate of drug-likeness (QED) is 0.805. The van der Waals surface area contributed by atoms with Crippen LogP contribution in [0.3, 0.4) is 0 Å². The van der Waals surface area contributed by atoms with Crippen LogP contribution in [0.5, 0.6) is 0 Å². The summed E-state index contributed by atoms with van der Waals surface area (Å²) in [5, 5.41) is 0. The van der Waals surface area contributed by atoms with E-state index in [1.54, 1.807) is 0 Å². The monoisotopic (exact) mass is 211 g/mol. The van der Waals surface area contributed by atoms with Crippen LogP contribution in [0.2, 0.25) is 0 Å². The Morgan fingerprint density at radius 2 is 1.93 bits per heavy atom. The topological polar surface area (TPSA) is 26.0 Å². The number of thiophene rings is 1. The first-order chi connectivity index (χ1) is 6.50. The molecule has 0 radical (unpaired) electrons. The van der Waals surface area contributed by atoms with Gasteiger partial charge in [0.25, 0.3) is 0 Å². The molecule has 1 heterocycles. The predicted molar refractivity (Wildman–Crippen MR) is 64.8 cm³/mol. The van der Waals surface area contributed by atoms with Crippen molar-refractivity contribution >= 4 is 11.3 Å². The molecule has 80 valence electrons. The van der Waals surface area contributed by atoms with E-state index in [0.29, 0.717) is 0 Å². The average molecular weight is 211 g/mol. The molecule has 0 saturated heterocycles. The first-order valence-corrected chi connectivity index (χ1v) is 6.15. The molecule has 2 N–H and O–H groups in total. The summed E-state index contributed by atoms with van der Waals surface area (Å²) >= 11 is 1.85. The van der Waals surface area contributed by atoms with Crippen molar-refractivity contribution in [3.63, 3.8) is 0 Å². The van der Waals surface area contributed by atoms with Crippen molar-refractivity contribution < 1.29 is 0 Å². The van der Waals surface area contributed by atoms with E-state index in [-0.39, 0.29) is 6.04 Å². The standard InChI is InChI=1S/C12H21NS/c1-8(2)5-6-11(13)12-9(3)7-10(4)14-12/h7-8,11H,5-6,13H2,1-4H3. The SMILES string of the molecule is Cc1cc(C)c(C(N)CCC(C)C)s1. The molecule has 1 rings (SSSR count). The Hall–Kier alpha value is -0.340. The molecule has 0 bridgehead atoms. The molecule has 14 heavy (non-hydrogen) atoms. The van der Waals surface area contributed by atoms with Crippen molar-refractivity contribution in [1.82, 2.24) is 0 Å². The van der Waals surface area contributed by atoms with Gasteiger partial charge in [0, 0.05) is 15.8 Å². The van der Waals surface area contributed by atoms with Gasteiger partial charge in [-0.3, -0.25) is 0 Å². The fourth-order valence-corrected chi connectivity index (χ4v) is 2.74. The van der Waals surface area contributed by atoms with Crippen molar-refractivity contribution in [3.05, 3.63) is 21.4 Å². The summed E-state index contributed by atoms with van der Waals surface area (Å²) in [6.07, 6.45) is 2.33. The predicted octanol–water partition coefficient (Wildman–Crippen LogP) is 3.80. The van der Waals surface area contributed by atoms with Crippen LogP contribution in [0.15, 0.2) is 6.07 Å². The van der Waals surface area contributed by atoms with E-state index in [1.165, 1.54) is 21.7 Å². The number of hydrogen-bond donors (Lipinski definition) is 1. The molecule has 0 aliphatic heterocycles. The highest BCUT2D eigenvalue weighted by molar-refractivity contribution is 7.12. The van der Waals surface area contributed by atoms with Crippen LogP contribution in [-0.4, -0.2) is 0 Å². The van der Waals surface area contributed by atoms with Crippen LogP contribution in [0.25, 0.3) is 0 Å². The lowest BCUT2D eigenvalue weighted by atomic mass is 10.0. The van der Waals surface area contributed by atoms with Crippen LogP contribution in [0, 0.1) is 19.8 Å². The van der Waals surface area contributed by atoms with Gasteiger partial charge in [0.2, 0.25) is 0 Å². The summed E-state index contributed by atoms with van der Waals surface area (Å²) in [6, 6.07) is 2.48. The fourth-order valence-electron chi connectivity index (χ4n) is 1.67. The number of nitrogens with two attached hydrogens (primary N) is 1. The van der Waals surface area contributed by atoms with E-state index in [1.807, 2.05) is 11.3 Å². The summed E-state index contributed by atoms with van der Waals surface area (Å²) < 4.78 is 0. The highest BCUT2D eigenvalue weighted by Gasteiger charge is 2.12. The minimum Gasteiger partial charge on any atom is -0.323 e. The Morgan fingerprint density at radius 3 is 2.36 bits per heavy atom. The minimum absolute atomic E-state index is 0.246. The van der Waals surface area contributed by atoms with Gasteiger partial charge < -0.3 is 5.73 Å². The molecule has 0 spiro atoms. The number of rotatable bonds is 4. The first kappa shape index (κ1) is 11.7. The Balaban J connectivity index is 2.60. The van der Waals surface area contributed by atoms with E-state index >= 15 is 0 Å². The van der Waals surface area contributed by atoms with Gasteiger partial charge in [-0.15, -0.1) is 11.3 Å². The Labute approximate surface area is 91.3 Å². The van der Waals surface area contributed by atoms with Crippen molar-refractivity contribution in [3.8, 4) is 0 Å². The van der Waals surface area contributed by atoms with E-state index in [0.717, 1.165) is 12.3 Å². The Kier molecular flexibility index (Phi) is 4.14. The molecule has 1 atom stereocenters. The molecule has 1 aromatic rings. The zero-order valence-electron chi connectivity index (χ0n) is 9.63. The van der Waals surface area contributed by atoms with Gasteiger partial charge in [-0.05, 0) is 44.2 Å². The third kappa shape index (κ3) is 3.10. The van der Waals surface area contributed by atoms with Crippen LogP contribution < -0.4 is 5.73 Å². The van der Waals surface area contributed by atoms with Crippen molar-refractivity contribution in [1.29, 1.82) is 0 Å². The molecule has 1 nitrogen and oxygen atoms in total. The number of aryl methyl sites for hydroxylation is 2. The van der Waals surface area contributed by atoms with Crippen LogP contribution in [-0.2, 0) is 0 Å². The summed E-state index contributed by atoms with van der Waals surface area (Å²) in [6.45, 7) is 8.81. The Morgan fingerprint density at radius 1 is 1.29 bits per heavy atom. The molecule has 0 aliphatic rings. The molecule has 1 unspecified atom stereocenters. The molecule has 1 aromatic heterocycles. The van der Waals surface area contributed by atoms with Gasteiger partial charge in [-0.1, -0.05) is 13.8 Å². The van der Waals surface area contributed by atoms with E-state index < -0.39 is 0 Å². The van der Waals surface area contributed by atoms with Crippen LogP contribution in [0.4, 0.5) is 0 Å². The van der Waals surface area contributed by atoms with E-state index in [4.69, 9.17) is 5.73 Å². The minimum atomic E-state index is 0.246. The molecule has 0 saturated carbocycles. The largest absolute Gasteiger partial charge is 0.323 e. The van der Waals surface area contributed by atoms with Gasteiger partial charge in [0.1, 0.15) is 0 Å². The number of hydrogen-bond acceptors (Lipinski definition) is 2. The molecular weight excluding hydrogens is 190 g/mol. The summed E-state index contributed by atoms with van der Waals surface area (Å²) in [5.41, 5.74) is 7.53. The van der Waals surface area contributed by atoms with Crippen LogP contribution in [0.1, 0.15) is 48.0 Å². The maximum atomic E-state index is 6.17. The third-order valence-corrected chi connectivity index (χ3v) is 3.76. The highest BCUT2D eigenvalue weighted by Crippen LogP contribution is 2.29. The van der Waals surface area contributed by atoms with Gasteiger partial charge >= 0.3 is 0 Å². The molecule has 0 aliphatic carbocycles. The smallest absolute Gasteiger partial charge is 0.0392 e. The zero-order chi connectivity index (χ0) is 10.7. The van der Waals surface area contributed by atoms with E-state index in [9.17, 15) is 0 Å². The van der Waals surface area contributed by atoms with Crippen molar-refractivity contribution in [2.24, 2.45) is 11.7 Å². The molecule has 0 fully saturated rings. The maximum absolute atomic E-state index is 6.17. The molecular formula is C12H21NS. The zero-order valence-corrected chi connectivity index (χ0v) is 10.4. The second kappa shape index (κ2) is 4.94. The molecule has 2 heteroatoms. The van der Waals surface area contributed by atoms with Gasteiger partial charge in [-0.2, -0.15) is 0 Å². The Bertz CT molecular complexity index is 289. The molecule has 0 aromatic carbocycles. The van der Waals surface area contributed by atoms with Gasteiger partial charge in [0.05, 0.1) is 0 Å². The van der Waals surface area contributed by atoms with E-state index in [2.05, 4.69) is 33.8 Å². The lowest BCUT2D eigenvalue weighted by Gasteiger charge is -2.12. The summed E-state index contributed by atoms with van der Waals surface area (Å²) in [7, 11) is 0. The fraction of sp³-hybridized carbons (Fsp3) is 0.667. The second-order valence-electron chi connectivity index (χ2n) is 4.48. The highest BCUT2D eigenvalue weighted by atomic mass is 32.1. The second-order valence-corrected chi connectivity index (χ2v) is 5.77. The summed E-state index contributed by atoms with van der Waals surface area (Å²) in [5.74, 6) is 0.752. The normalized spacial score (nSPS) is 13.6. The third-order valence-electron chi connectivity index (χ3n) is 2.47. The van der Waals surface area contributed by atoms with Crippen LogP contribution >= 0.6 is 11.3 Å². The summed E-state index contributed by atoms with van der Waals surface area (Å²) in [4.78, 5) is 2.75. The van der Waals surface area contributed by atoms with Gasteiger partial charge in [-0.25, -0.2) is 0 Å². The van der Waals surface area contributed by atoms with Crippen molar-refractivity contribution in [2.75, 3.05) is 0 Å². The molecule has 0 amide bonds. The van der Waals surface area contributed by atoms with Crippen molar-refractivity contribution in [2.45, 2.75) is 46.6 Å². The maximum Gasteiger partial charge on any atom is 0.0392 e. The first-order valence-electron chi connectivity index (χ1n) is 5.33.